The summed E-state index contributed by atoms with van der Waals surface area (Å²) in [6.07, 6.45) is 0. The Bertz CT molecular complexity index is 2210. The molecule has 0 heterocycles. The van der Waals surface area contributed by atoms with Gasteiger partial charge < -0.3 is 24.4 Å². The van der Waals surface area contributed by atoms with Crippen LogP contribution in [0.1, 0.15) is 51.8 Å². The largest absolute Gasteiger partial charge is 0.478 e. The van der Waals surface area contributed by atoms with Gasteiger partial charge in [0.05, 0.1) is 49.1 Å². The van der Waals surface area contributed by atoms with Crippen molar-refractivity contribution in [1.82, 2.24) is 0 Å². The van der Waals surface area contributed by atoms with Gasteiger partial charge in [-0.05, 0) is 82.3 Å². The Hall–Kier alpha value is -3.98. The standard InChI is InChI=1S/C16H14O4S2.C14H10O4S2.C8H7ClO2S.Cl2O2S/c1-19-15(17)11-7-3-5-9-13(11)21-22-14-10-6-4-8-12(14)16(18)20-2;15-13(16)9-5-1-3-7-11(9)19-20-12-8-4-2-6-10(12)14(17)18;1-11-8(10)6-4-2-3-5-7(6)12-9;1-5(2,3)4/h3-10H,1-2H3;1-8H,(H,15,16)(H,17,18);2-5H,1H3;. The summed E-state index contributed by atoms with van der Waals surface area (Å²) < 4.78 is 32.4. The number of carbonyl (C=O) groups is 5. The summed E-state index contributed by atoms with van der Waals surface area (Å²) >= 11 is 0. The third kappa shape index (κ3) is 18.4. The molecular formula is C38H31Cl3O12S6. The molecule has 0 amide bonds. The molecule has 0 aliphatic heterocycles. The third-order valence-electron chi connectivity index (χ3n) is 6.64. The number of methoxy groups -OCH3 is 3. The van der Waals surface area contributed by atoms with Crippen molar-refractivity contribution in [2.45, 2.75) is 24.5 Å². The Morgan fingerprint density at radius 3 is 0.881 bits per heavy atom. The smallest absolute Gasteiger partial charge is 0.339 e. The van der Waals surface area contributed by atoms with E-state index in [0.717, 1.165) is 20.8 Å². The summed E-state index contributed by atoms with van der Waals surface area (Å²) in [7, 11) is 20.7. The Morgan fingerprint density at radius 1 is 0.441 bits per heavy atom. The molecule has 0 spiro atoms. The summed E-state index contributed by atoms with van der Waals surface area (Å²) in [5.41, 5.74) is 1.91. The van der Waals surface area contributed by atoms with Crippen LogP contribution >= 0.6 is 86.2 Å². The minimum Gasteiger partial charge on any atom is -0.478 e. The highest BCUT2D eigenvalue weighted by Crippen LogP contribution is 2.41. The van der Waals surface area contributed by atoms with Crippen LogP contribution in [0.2, 0.25) is 0 Å². The molecule has 5 aromatic rings. The molecule has 0 bridgehead atoms. The number of hydrogen-bond donors (Lipinski definition) is 2. The quantitative estimate of drug-likeness (QED) is 0.0519. The zero-order valence-electron chi connectivity index (χ0n) is 30.6. The van der Waals surface area contributed by atoms with Crippen molar-refractivity contribution in [3.8, 4) is 0 Å². The maximum absolute atomic E-state index is 11.7. The number of esters is 3. The van der Waals surface area contributed by atoms with Crippen LogP contribution in [0, 0.1) is 0 Å². The number of aromatic carboxylic acids is 2. The molecule has 0 saturated carbocycles. The average Bonchev–Trinajstić information content (AvgIpc) is 3.24. The van der Waals surface area contributed by atoms with Crippen molar-refractivity contribution >= 4 is 124 Å². The van der Waals surface area contributed by atoms with E-state index in [9.17, 15) is 24.0 Å². The first-order chi connectivity index (χ1) is 28.1. The summed E-state index contributed by atoms with van der Waals surface area (Å²) in [4.78, 5) is 60.2. The second-order valence-electron chi connectivity index (χ2n) is 10.4. The topological polar surface area (TPSA) is 188 Å². The molecule has 2 N–H and O–H groups in total. The fraction of sp³-hybridized carbons (Fsp3) is 0.0789. The zero-order chi connectivity index (χ0) is 44.0. The predicted octanol–water partition coefficient (Wildman–Crippen LogP) is 11.4. The van der Waals surface area contributed by atoms with Gasteiger partial charge in [-0.15, -0.1) is 0 Å². The molecule has 0 saturated heterocycles. The number of carbonyl (C=O) groups excluding carboxylic acids is 3. The maximum Gasteiger partial charge on any atom is 0.339 e. The van der Waals surface area contributed by atoms with Crippen LogP contribution in [0.3, 0.4) is 0 Å². The van der Waals surface area contributed by atoms with Crippen LogP contribution in [0.5, 0.6) is 0 Å². The van der Waals surface area contributed by atoms with Gasteiger partial charge in [-0.1, -0.05) is 104 Å². The molecule has 59 heavy (non-hydrogen) atoms. The van der Waals surface area contributed by atoms with Crippen molar-refractivity contribution in [2.75, 3.05) is 21.3 Å². The molecule has 0 aliphatic rings. The van der Waals surface area contributed by atoms with Gasteiger partial charge in [0, 0.05) is 45.8 Å². The van der Waals surface area contributed by atoms with E-state index in [-0.39, 0.29) is 29.0 Å². The van der Waals surface area contributed by atoms with Gasteiger partial charge in [0.2, 0.25) is 0 Å². The first kappa shape index (κ1) is 51.2. The van der Waals surface area contributed by atoms with Crippen molar-refractivity contribution in [2.24, 2.45) is 0 Å². The van der Waals surface area contributed by atoms with Gasteiger partial charge >= 0.3 is 38.1 Å². The zero-order valence-corrected chi connectivity index (χ0v) is 37.8. The van der Waals surface area contributed by atoms with Gasteiger partial charge in [-0.2, -0.15) is 8.42 Å². The Morgan fingerprint density at radius 2 is 0.644 bits per heavy atom. The summed E-state index contributed by atoms with van der Waals surface area (Å²) in [6.45, 7) is 0. The lowest BCUT2D eigenvalue weighted by atomic mass is 10.2. The second-order valence-corrected chi connectivity index (χ2v) is 19.5. The number of benzene rings is 5. The number of rotatable bonds is 12. The van der Waals surface area contributed by atoms with Gasteiger partial charge in [0.1, 0.15) is 0 Å². The lowest BCUT2D eigenvalue weighted by Crippen LogP contribution is -2.03. The lowest BCUT2D eigenvalue weighted by Gasteiger charge is -2.09. The highest BCUT2D eigenvalue weighted by molar-refractivity contribution is 8.77. The van der Waals surface area contributed by atoms with E-state index in [1.807, 2.05) is 30.3 Å². The number of hydrogen-bond acceptors (Lipinski definition) is 15. The van der Waals surface area contributed by atoms with E-state index in [1.54, 1.807) is 78.9 Å². The van der Waals surface area contributed by atoms with Crippen molar-refractivity contribution in [1.29, 1.82) is 0 Å². The number of carboxylic acid groups (broad SMARTS) is 2. The highest BCUT2D eigenvalue weighted by atomic mass is 36.0. The summed E-state index contributed by atoms with van der Waals surface area (Å²) in [5, 5.41) is 18.2. The van der Waals surface area contributed by atoms with Gasteiger partial charge in [-0.25, -0.2) is 24.0 Å². The van der Waals surface area contributed by atoms with Crippen LogP contribution in [-0.2, 0) is 22.5 Å². The van der Waals surface area contributed by atoms with Crippen LogP contribution in [0.15, 0.2) is 146 Å². The van der Waals surface area contributed by atoms with Crippen LogP contribution < -0.4 is 0 Å². The first-order valence-corrected chi connectivity index (χ1v) is 24.9. The molecule has 312 valence electrons. The van der Waals surface area contributed by atoms with Gasteiger partial charge in [0.15, 0.2) is 0 Å². The van der Waals surface area contributed by atoms with Gasteiger partial charge in [0.25, 0.3) is 0 Å². The third-order valence-corrected chi connectivity index (χ3v) is 12.6. The van der Waals surface area contributed by atoms with E-state index in [1.165, 1.54) is 76.6 Å². The molecule has 0 aliphatic carbocycles. The molecule has 0 unspecified atom stereocenters. The SMILES string of the molecule is COC(=O)c1ccccc1SCl.COC(=O)c1ccccc1SSc1ccccc1C(=O)OC.O=C(O)c1ccccc1SSc1ccccc1C(=O)O.O=S(=O)(Cl)Cl. The fourth-order valence-corrected chi connectivity index (χ4v) is 9.52. The van der Waals surface area contributed by atoms with E-state index in [4.69, 9.17) is 38.8 Å². The summed E-state index contributed by atoms with van der Waals surface area (Å²) in [6, 6.07) is 34.6. The van der Waals surface area contributed by atoms with Crippen molar-refractivity contribution in [3.05, 3.63) is 149 Å². The van der Waals surface area contributed by atoms with Gasteiger partial charge in [-0.3, -0.25) is 0 Å². The normalized spacial score (nSPS) is 10.1. The van der Waals surface area contributed by atoms with E-state index < -0.39 is 20.2 Å². The number of ether oxygens (including phenoxy) is 3. The maximum atomic E-state index is 11.7. The van der Waals surface area contributed by atoms with Crippen LogP contribution in [0.4, 0.5) is 0 Å². The molecule has 0 fully saturated rings. The molecule has 21 heteroatoms. The molecule has 0 atom stereocenters. The summed E-state index contributed by atoms with van der Waals surface area (Å²) in [5.74, 6) is -3.13. The highest BCUT2D eigenvalue weighted by Gasteiger charge is 2.16. The van der Waals surface area contributed by atoms with Crippen molar-refractivity contribution < 1.29 is 56.8 Å². The molecule has 0 aromatic heterocycles. The Kier molecular flexibility index (Phi) is 23.4. The van der Waals surface area contributed by atoms with Crippen LogP contribution in [-0.4, -0.2) is 69.8 Å². The minimum atomic E-state index is -3.72. The number of halogens is 3. The molecular weight excluding hydrogens is 947 g/mol. The van der Waals surface area contributed by atoms with E-state index >= 15 is 0 Å². The lowest BCUT2D eigenvalue weighted by molar-refractivity contribution is 0.0588. The average molecular weight is 978 g/mol. The van der Waals surface area contributed by atoms with E-state index in [0.29, 0.717) is 31.4 Å². The Labute approximate surface area is 373 Å². The fourth-order valence-electron chi connectivity index (χ4n) is 4.06. The number of carboxylic acids is 2. The monoisotopic (exact) mass is 976 g/mol. The minimum absolute atomic E-state index is 0.206. The van der Waals surface area contributed by atoms with Crippen LogP contribution in [0.25, 0.3) is 0 Å². The molecule has 12 nitrogen and oxygen atoms in total. The molecule has 0 radical (unpaired) electrons. The van der Waals surface area contributed by atoms with E-state index in [2.05, 4.69) is 26.1 Å². The molecule has 5 aromatic carbocycles. The predicted molar refractivity (Wildman–Crippen MR) is 236 cm³/mol. The molecule has 5 rings (SSSR count). The second kappa shape index (κ2) is 27.0. The van der Waals surface area contributed by atoms with Crippen molar-refractivity contribution in [3.63, 3.8) is 0 Å². The Balaban J connectivity index is 0.000000298. The first-order valence-electron chi connectivity index (χ1n) is 15.8.